The standard InChI is InChI=1S/C37H51N3O8/c1-21(2)16-24(6)36(47)39-30(20-33(38)43)32(42)19-27(14-15-34(44)45)37(48)40-29(31(41)17-23(5)35(46)22(3)4)18-26-12-9-11-25-10-7-8-13-28(25)26/h7-13,21-24,27,29-30H,14-20H2,1-6H3,(H2,38,43)(H,39,47)(H,40,48)(H,44,45)/t23-,24-,27+,29-,30-/m0/s1. The van der Waals surface area contributed by atoms with Gasteiger partial charge in [0, 0.05) is 49.4 Å². The number of nitrogens with two attached hydrogens (primary N) is 1. The van der Waals surface area contributed by atoms with E-state index in [9.17, 15) is 38.7 Å². The first-order chi connectivity index (χ1) is 22.5. The molecular weight excluding hydrogens is 614 g/mol. The number of Topliss-reactive ketones (excluding diaryl/α,β-unsaturated/α-hetero) is 3. The van der Waals surface area contributed by atoms with Crippen LogP contribution in [0.15, 0.2) is 42.5 Å². The number of amides is 3. The lowest BCUT2D eigenvalue weighted by atomic mass is 9.87. The number of primary amides is 1. The van der Waals surface area contributed by atoms with E-state index in [0.717, 1.165) is 16.3 Å². The third-order valence-corrected chi connectivity index (χ3v) is 8.48. The first kappa shape index (κ1) is 39.8. The fourth-order valence-corrected chi connectivity index (χ4v) is 5.92. The van der Waals surface area contributed by atoms with Gasteiger partial charge < -0.3 is 21.5 Å². The Morgan fingerprint density at radius 1 is 0.729 bits per heavy atom. The highest BCUT2D eigenvalue weighted by atomic mass is 16.4. The molecule has 5 atom stereocenters. The molecule has 2 aromatic carbocycles. The SMILES string of the molecule is CC(C)C[C@H](C)C(=O)N[C@@H](CC(N)=O)C(=O)C[C@@H](CCC(=O)O)C(=O)N[C@@H](Cc1cccc2ccccc12)C(=O)C[C@H](C)C(=O)C(C)C. The molecule has 0 aliphatic heterocycles. The molecule has 0 radical (unpaired) electrons. The van der Waals surface area contributed by atoms with Gasteiger partial charge in [-0.2, -0.15) is 0 Å². The number of carboxylic acid groups (broad SMARTS) is 1. The number of hydrogen-bond donors (Lipinski definition) is 4. The Bertz CT molecular complexity index is 1480. The van der Waals surface area contributed by atoms with Crippen LogP contribution >= 0.6 is 0 Å². The molecule has 262 valence electrons. The minimum atomic E-state index is -1.30. The molecule has 48 heavy (non-hydrogen) atoms. The molecule has 5 N–H and O–H groups in total. The second kappa shape index (κ2) is 18.8. The van der Waals surface area contributed by atoms with E-state index in [1.165, 1.54) is 0 Å². The van der Waals surface area contributed by atoms with Gasteiger partial charge in [-0.15, -0.1) is 0 Å². The molecule has 0 fully saturated rings. The smallest absolute Gasteiger partial charge is 0.303 e. The van der Waals surface area contributed by atoms with Crippen molar-refractivity contribution in [3.05, 3.63) is 48.0 Å². The number of aliphatic carboxylic acids is 1. The molecule has 0 heterocycles. The van der Waals surface area contributed by atoms with Crippen LogP contribution in [0.5, 0.6) is 0 Å². The maximum atomic E-state index is 13.8. The topological polar surface area (TPSA) is 190 Å². The second-order valence-corrected chi connectivity index (χ2v) is 13.6. The Morgan fingerprint density at radius 3 is 1.94 bits per heavy atom. The number of benzene rings is 2. The van der Waals surface area contributed by atoms with Gasteiger partial charge in [0.25, 0.3) is 0 Å². The van der Waals surface area contributed by atoms with Crippen LogP contribution in [0.2, 0.25) is 0 Å². The van der Waals surface area contributed by atoms with Gasteiger partial charge >= 0.3 is 5.97 Å². The summed E-state index contributed by atoms with van der Waals surface area (Å²) in [6, 6.07) is 10.8. The summed E-state index contributed by atoms with van der Waals surface area (Å²) in [6.45, 7) is 10.8. The van der Waals surface area contributed by atoms with Gasteiger partial charge in [-0.25, -0.2) is 0 Å². The highest BCUT2D eigenvalue weighted by Gasteiger charge is 2.33. The van der Waals surface area contributed by atoms with Crippen molar-refractivity contribution in [1.29, 1.82) is 0 Å². The summed E-state index contributed by atoms with van der Waals surface area (Å²) in [5, 5.41) is 16.6. The van der Waals surface area contributed by atoms with E-state index < -0.39 is 78.6 Å². The van der Waals surface area contributed by atoms with Crippen LogP contribution in [-0.2, 0) is 40.0 Å². The van der Waals surface area contributed by atoms with E-state index in [2.05, 4.69) is 10.6 Å². The van der Waals surface area contributed by atoms with Gasteiger partial charge in [0.1, 0.15) is 5.78 Å². The summed E-state index contributed by atoms with van der Waals surface area (Å²) in [5.41, 5.74) is 6.17. The summed E-state index contributed by atoms with van der Waals surface area (Å²) in [4.78, 5) is 89.9. The fraction of sp³-hybridized carbons (Fsp3) is 0.541. The second-order valence-electron chi connectivity index (χ2n) is 13.6. The molecule has 0 bridgehead atoms. The zero-order valence-electron chi connectivity index (χ0n) is 28.9. The van der Waals surface area contributed by atoms with Crippen molar-refractivity contribution in [3.8, 4) is 0 Å². The molecule has 0 aromatic heterocycles. The molecule has 2 rings (SSSR count). The number of hydrogen-bond acceptors (Lipinski definition) is 7. The quantitative estimate of drug-likeness (QED) is 0.153. The van der Waals surface area contributed by atoms with E-state index in [4.69, 9.17) is 5.73 Å². The van der Waals surface area contributed by atoms with E-state index in [0.29, 0.717) is 6.42 Å². The highest BCUT2D eigenvalue weighted by molar-refractivity contribution is 5.98. The van der Waals surface area contributed by atoms with E-state index in [1.54, 1.807) is 27.7 Å². The summed E-state index contributed by atoms with van der Waals surface area (Å²) >= 11 is 0. The lowest BCUT2D eigenvalue weighted by Crippen LogP contribution is -2.48. The zero-order chi connectivity index (χ0) is 36.1. The van der Waals surface area contributed by atoms with Gasteiger partial charge in [-0.05, 0) is 35.1 Å². The van der Waals surface area contributed by atoms with Crippen molar-refractivity contribution in [2.24, 2.45) is 35.3 Å². The van der Waals surface area contributed by atoms with Gasteiger partial charge in [0.15, 0.2) is 11.6 Å². The number of nitrogens with one attached hydrogen (secondary N) is 2. The number of rotatable bonds is 21. The number of fused-ring (bicyclic) bond motifs is 1. The first-order valence-electron chi connectivity index (χ1n) is 16.7. The van der Waals surface area contributed by atoms with E-state index in [1.807, 2.05) is 56.3 Å². The zero-order valence-corrected chi connectivity index (χ0v) is 28.9. The third kappa shape index (κ3) is 12.7. The van der Waals surface area contributed by atoms with Crippen molar-refractivity contribution in [2.75, 3.05) is 0 Å². The van der Waals surface area contributed by atoms with E-state index >= 15 is 0 Å². The van der Waals surface area contributed by atoms with Crippen LogP contribution in [0.25, 0.3) is 10.8 Å². The Labute approximate surface area is 282 Å². The van der Waals surface area contributed by atoms with Gasteiger partial charge in [0.2, 0.25) is 17.7 Å². The van der Waals surface area contributed by atoms with Crippen LogP contribution in [0.4, 0.5) is 0 Å². The van der Waals surface area contributed by atoms with Crippen LogP contribution in [-0.4, -0.2) is 58.2 Å². The number of carbonyl (C=O) groups is 7. The molecule has 11 heteroatoms. The highest BCUT2D eigenvalue weighted by Crippen LogP contribution is 2.23. The molecule has 0 spiro atoms. The maximum absolute atomic E-state index is 13.8. The molecular formula is C37H51N3O8. The molecule has 3 amide bonds. The molecule has 2 aromatic rings. The number of ketones is 3. The summed E-state index contributed by atoms with van der Waals surface area (Å²) in [6.07, 6.45) is -1.13. The van der Waals surface area contributed by atoms with Gasteiger partial charge in [-0.3, -0.25) is 33.6 Å². The van der Waals surface area contributed by atoms with Gasteiger partial charge in [-0.1, -0.05) is 84.0 Å². The number of carbonyl (C=O) groups excluding carboxylic acids is 6. The van der Waals surface area contributed by atoms with Crippen LogP contribution in [0.1, 0.15) is 85.6 Å². The van der Waals surface area contributed by atoms with Crippen LogP contribution < -0.4 is 16.4 Å². The monoisotopic (exact) mass is 665 g/mol. The minimum absolute atomic E-state index is 0.0891. The number of carboxylic acids is 1. The van der Waals surface area contributed by atoms with Crippen molar-refractivity contribution in [2.45, 2.75) is 98.6 Å². The predicted octanol–water partition coefficient (Wildman–Crippen LogP) is 4.17. The molecule has 0 aliphatic carbocycles. The molecule has 0 saturated heterocycles. The normalized spacial score (nSPS) is 14.5. The van der Waals surface area contributed by atoms with Crippen LogP contribution in [0.3, 0.4) is 0 Å². The lowest BCUT2D eigenvalue weighted by Gasteiger charge is -2.25. The van der Waals surface area contributed by atoms with Gasteiger partial charge in [0.05, 0.1) is 18.5 Å². The Hall–Kier alpha value is -4.41. The average molecular weight is 666 g/mol. The largest absolute Gasteiger partial charge is 0.481 e. The van der Waals surface area contributed by atoms with Crippen LogP contribution in [0, 0.1) is 29.6 Å². The maximum Gasteiger partial charge on any atom is 0.303 e. The molecule has 0 saturated carbocycles. The molecule has 0 unspecified atom stereocenters. The Kier molecular flexibility index (Phi) is 15.6. The fourth-order valence-electron chi connectivity index (χ4n) is 5.92. The molecule has 11 nitrogen and oxygen atoms in total. The average Bonchev–Trinajstić information content (AvgIpc) is 3.00. The van der Waals surface area contributed by atoms with Crippen molar-refractivity contribution < 1.29 is 38.7 Å². The van der Waals surface area contributed by atoms with Crippen molar-refractivity contribution in [1.82, 2.24) is 10.6 Å². The predicted molar refractivity (Wildman–Crippen MR) is 183 cm³/mol. The summed E-state index contributed by atoms with van der Waals surface area (Å²) in [5.74, 6) is -6.61. The molecule has 0 aliphatic rings. The minimum Gasteiger partial charge on any atom is -0.481 e. The van der Waals surface area contributed by atoms with E-state index in [-0.39, 0.29) is 42.7 Å². The summed E-state index contributed by atoms with van der Waals surface area (Å²) < 4.78 is 0. The Balaban J connectivity index is 2.40. The first-order valence-corrected chi connectivity index (χ1v) is 16.7. The van der Waals surface area contributed by atoms with Crippen molar-refractivity contribution >= 4 is 51.8 Å². The lowest BCUT2D eigenvalue weighted by molar-refractivity contribution is -0.139. The van der Waals surface area contributed by atoms with Crippen molar-refractivity contribution in [3.63, 3.8) is 0 Å². The Morgan fingerprint density at radius 2 is 1.33 bits per heavy atom. The summed E-state index contributed by atoms with van der Waals surface area (Å²) in [7, 11) is 0. The third-order valence-electron chi connectivity index (χ3n) is 8.48.